The lowest BCUT2D eigenvalue weighted by Gasteiger charge is -2.21. The fourth-order valence-electron chi connectivity index (χ4n) is 3.70. The molecule has 7 nitrogen and oxygen atoms in total. The summed E-state index contributed by atoms with van der Waals surface area (Å²) in [6.45, 7) is 1.72. The van der Waals surface area contributed by atoms with Gasteiger partial charge < -0.3 is 9.84 Å². The van der Waals surface area contributed by atoms with Gasteiger partial charge in [0.05, 0.1) is 11.8 Å². The molecule has 2 aliphatic rings. The molecular weight excluding hydrogens is 381 g/mol. The lowest BCUT2D eigenvalue weighted by molar-refractivity contribution is -0.274. The first-order chi connectivity index (χ1) is 13.1. The lowest BCUT2D eigenvalue weighted by atomic mass is 9.86. The molecule has 28 heavy (non-hydrogen) atoms. The van der Waals surface area contributed by atoms with E-state index in [1.165, 1.54) is 12.1 Å². The summed E-state index contributed by atoms with van der Waals surface area (Å²) in [6, 6.07) is 2.68. The summed E-state index contributed by atoms with van der Waals surface area (Å²) in [4.78, 5) is 38.0. The van der Waals surface area contributed by atoms with Gasteiger partial charge in [-0.05, 0) is 24.6 Å². The molecule has 2 saturated heterocycles. The van der Waals surface area contributed by atoms with Crippen molar-refractivity contribution in [3.05, 3.63) is 42.0 Å². The van der Waals surface area contributed by atoms with Gasteiger partial charge in [-0.15, -0.1) is 13.2 Å². The average molecular weight is 398 g/mol. The molecule has 0 aromatic heterocycles. The van der Waals surface area contributed by atoms with Crippen LogP contribution in [0.25, 0.3) is 0 Å². The molecule has 1 aromatic rings. The predicted molar refractivity (Wildman–Crippen MR) is 88.9 cm³/mol. The number of nitrogens with one attached hydrogen (secondary N) is 1. The zero-order chi connectivity index (χ0) is 20.6. The van der Waals surface area contributed by atoms with Crippen LogP contribution in [0.2, 0.25) is 0 Å². The molecule has 4 unspecified atom stereocenters. The maximum atomic E-state index is 12.8. The zero-order valence-corrected chi connectivity index (χ0v) is 14.6. The zero-order valence-electron chi connectivity index (χ0n) is 14.6. The Labute approximate surface area is 157 Å². The number of fused-ring (bicyclic) bond motifs is 1. The first kappa shape index (κ1) is 19.9. The van der Waals surface area contributed by atoms with Crippen molar-refractivity contribution in [3.63, 3.8) is 0 Å². The quantitative estimate of drug-likeness (QED) is 0.581. The highest BCUT2D eigenvalue weighted by molar-refractivity contribution is 6.08. The molecule has 0 saturated carbocycles. The maximum Gasteiger partial charge on any atom is 0.573 e. The van der Waals surface area contributed by atoms with Crippen molar-refractivity contribution in [1.82, 2.24) is 10.2 Å². The van der Waals surface area contributed by atoms with E-state index >= 15 is 0 Å². The van der Waals surface area contributed by atoms with Gasteiger partial charge in [0.1, 0.15) is 11.8 Å². The van der Waals surface area contributed by atoms with Gasteiger partial charge in [0, 0.05) is 12.6 Å². The second-order valence-corrected chi connectivity index (χ2v) is 6.49. The lowest BCUT2D eigenvalue weighted by Crippen LogP contribution is -2.43. The van der Waals surface area contributed by atoms with Crippen molar-refractivity contribution in [2.75, 3.05) is 6.54 Å². The van der Waals surface area contributed by atoms with E-state index in [-0.39, 0.29) is 12.1 Å². The summed E-state index contributed by atoms with van der Waals surface area (Å²) in [7, 11) is 0. The molecule has 2 aliphatic heterocycles. The number of ether oxygens (including phenoxy) is 1. The van der Waals surface area contributed by atoms with Crippen LogP contribution in [0.5, 0.6) is 5.75 Å². The van der Waals surface area contributed by atoms with Gasteiger partial charge in [-0.3, -0.25) is 24.6 Å². The predicted octanol–water partition coefficient (Wildman–Crippen LogP) is 1.86. The van der Waals surface area contributed by atoms with Crippen molar-refractivity contribution in [2.45, 2.75) is 25.4 Å². The number of likely N-dealkylation sites (tertiary alicyclic amines) is 1. The van der Waals surface area contributed by atoms with Crippen molar-refractivity contribution >= 4 is 17.8 Å². The third-order valence-corrected chi connectivity index (χ3v) is 4.81. The molecule has 2 heterocycles. The van der Waals surface area contributed by atoms with Gasteiger partial charge in [-0.2, -0.15) is 0 Å². The maximum absolute atomic E-state index is 12.8. The van der Waals surface area contributed by atoms with E-state index in [2.05, 4.69) is 10.1 Å². The molecular formula is C18H17F3N2O5. The van der Waals surface area contributed by atoms with E-state index in [0.717, 1.165) is 17.0 Å². The number of rotatable bonds is 5. The molecule has 3 rings (SSSR count). The van der Waals surface area contributed by atoms with E-state index in [1.54, 1.807) is 19.1 Å². The summed E-state index contributed by atoms with van der Waals surface area (Å²) in [6.07, 6.45) is -1.65. The van der Waals surface area contributed by atoms with Gasteiger partial charge in [0.25, 0.3) is 0 Å². The van der Waals surface area contributed by atoms with Crippen LogP contribution in [0.1, 0.15) is 18.5 Å². The number of hydrogen-bond donors (Lipinski definition) is 2. The van der Waals surface area contributed by atoms with Crippen LogP contribution in [0, 0.1) is 11.8 Å². The van der Waals surface area contributed by atoms with E-state index in [4.69, 9.17) is 0 Å². The number of aliphatic carboxylic acids is 1. The van der Waals surface area contributed by atoms with E-state index < -0.39 is 53.8 Å². The van der Waals surface area contributed by atoms with Crippen LogP contribution in [-0.4, -0.2) is 46.7 Å². The Hall–Kier alpha value is -2.88. The Kier molecular flexibility index (Phi) is 5.16. The van der Waals surface area contributed by atoms with Crippen LogP contribution >= 0.6 is 0 Å². The summed E-state index contributed by atoms with van der Waals surface area (Å²) in [5, 5.41) is 12.2. The molecule has 150 valence electrons. The number of allylic oxidation sites excluding steroid dienone is 1. The molecule has 4 atom stereocenters. The number of amides is 2. The first-order valence-electron chi connectivity index (χ1n) is 8.45. The number of halogens is 3. The first-order valence-corrected chi connectivity index (χ1v) is 8.45. The van der Waals surface area contributed by atoms with Crippen LogP contribution in [-0.2, 0) is 14.4 Å². The van der Waals surface area contributed by atoms with Gasteiger partial charge in [-0.25, -0.2) is 0 Å². The molecule has 10 heteroatoms. The van der Waals surface area contributed by atoms with Gasteiger partial charge in [0.2, 0.25) is 11.8 Å². The highest BCUT2D eigenvalue weighted by atomic mass is 19.4. The smallest absolute Gasteiger partial charge is 0.480 e. The van der Waals surface area contributed by atoms with Crippen LogP contribution < -0.4 is 10.1 Å². The fourth-order valence-corrected chi connectivity index (χ4v) is 3.70. The molecule has 0 bridgehead atoms. The number of nitrogens with zero attached hydrogens (tertiary/aromatic N) is 1. The number of benzene rings is 1. The summed E-state index contributed by atoms with van der Waals surface area (Å²) < 4.78 is 41.4. The molecule has 2 N–H and O–H groups in total. The van der Waals surface area contributed by atoms with E-state index in [9.17, 15) is 32.7 Å². The minimum absolute atomic E-state index is 0.0114. The van der Waals surface area contributed by atoms with Gasteiger partial charge >= 0.3 is 12.3 Å². The minimum Gasteiger partial charge on any atom is -0.480 e. The monoisotopic (exact) mass is 398 g/mol. The summed E-state index contributed by atoms with van der Waals surface area (Å²) in [5.74, 6) is -5.14. The summed E-state index contributed by atoms with van der Waals surface area (Å²) >= 11 is 0. The molecule has 0 aliphatic carbocycles. The second kappa shape index (κ2) is 7.27. The number of carbonyl (C=O) groups excluding carboxylic acids is 2. The van der Waals surface area contributed by atoms with Crippen LogP contribution in [0.3, 0.4) is 0 Å². The molecule has 0 radical (unpaired) electrons. The highest BCUT2D eigenvalue weighted by Gasteiger charge is 2.60. The second-order valence-electron chi connectivity index (χ2n) is 6.49. The third kappa shape index (κ3) is 3.59. The van der Waals surface area contributed by atoms with Crippen molar-refractivity contribution in [3.8, 4) is 5.75 Å². The van der Waals surface area contributed by atoms with Crippen molar-refractivity contribution in [1.29, 1.82) is 0 Å². The van der Waals surface area contributed by atoms with Crippen molar-refractivity contribution < 1.29 is 37.4 Å². The number of imide groups is 1. The number of carboxylic acids is 1. The van der Waals surface area contributed by atoms with E-state index in [1.807, 2.05) is 0 Å². The Morgan fingerprint density at radius 1 is 1.29 bits per heavy atom. The standard InChI is InChI=1S/C18H17F3N2O5/c1-2-3-7-23-15(24)11-12(16(23)25)14(17(26)27)22-13(11)9-5-4-6-10(8-9)28-18(19,20)21/h2-6,8,11-14,22H,7H2,1H3,(H,26,27)/b3-2+. The van der Waals surface area contributed by atoms with Crippen LogP contribution in [0.4, 0.5) is 13.2 Å². The van der Waals surface area contributed by atoms with Crippen molar-refractivity contribution in [2.24, 2.45) is 11.8 Å². The van der Waals surface area contributed by atoms with Crippen LogP contribution in [0.15, 0.2) is 36.4 Å². The van der Waals surface area contributed by atoms with E-state index in [0.29, 0.717) is 0 Å². The molecule has 2 fully saturated rings. The Balaban J connectivity index is 1.96. The summed E-state index contributed by atoms with van der Waals surface area (Å²) in [5.41, 5.74) is 0.231. The highest BCUT2D eigenvalue weighted by Crippen LogP contribution is 2.44. The SMILES string of the molecule is C/C=C/CN1C(=O)C2C(C(=O)O)NC(c3cccc(OC(F)(F)F)c3)C2C1=O. The number of carboxylic acid groups (broad SMARTS) is 1. The Bertz CT molecular complexity index is 839. The topological polar surface area (TPSA) is 95.9 Å². The van der Waals surface area contributed by atoms with Gasteiger partial charge in [-0.1, -0.05) is 24.3 Å². The average Bonchev–Trinajstić information content (AvgIpc) is 3.10. The molecule has 1 aromatic carbocycles. The number of hydrogen-bond acceptors (Lipinski definition) is 5. The fraction of sp³-hybridized carbons (Fsp3) is 0.389. The Morgan fingerprint density at radius 3 is 2.57 bits per heavy atom. The number of alkyl halides is 3. The molecule has 0 spiro atoms. The largest absolute Gasteiger partial charge is 0.573 e. The Morgan fingerprint density at radius 2 is 1.96 bits per heavy atom. The normalized spacial score (nSPS) is 27.5. The minimum atomic E-state index is -4.89. The number of carbonyl (C=O) groups is 3. The third-order valence-electron chi connectivity index (χ3n) is 4.81. The molecule has 2 amide bonds. The van der Waals surface area contributed by atoms with Gasteiger partial charge in [0.15, 0.2) is 0 Å².